The van der Waals surface area contributed by atoms with Gasteiger partial charge in [-0.05, 0) is 24.1 Å². The highest BCUT2D eigenvalue weighted by Crippen LogP contribution is 2.27. The van der Waals surface area contributed by atoms with Gasteiger partial charge >= 0.3 is 0 Å². The maximum absolute atomic E-state index is 13.0. The summed E-state index contributed by atoms with van der Waals surface area (Å²) in [6.45, 7) is 2.20. The third kappa shape index (κ3) is 2.87. The Morgan fingerprint density at radius 3 is 2.52 bits per heavy atom. The molecule has 0 bridgehead atoms. The van der Waals surface area contributed by atoms with Gasteiger partial charge in [-0.3, -0.25) is 9.36 Å². The molecule has 0 aliphatic carbocycles. The Kier molecular flexibility index (Phi) is 4.10. The lowest BCUT2D eigenvalue weighted by molar-refractivity contribution is 0.737. The molecule has 0 aliphatic heterocycles. The molecule has 5 rings (SSSR count). The fourth-order valence-corrected chi connectivity index (χ4v) is 3.63. The van der Waals surface area contributed by atoms with Gasteiger partial charge < -0.3 is 0 Å². The smallest absolute Gasteiger partial charge is 0.283 e. The first-order valence-electron chi connectivity index (χ1n) is 9.03. The lowest BCUT2D eigenvalue weighted by Gasteiger charge is -2.08. The number of nitrogens with zero attached hydrogens (tertiary/aromatic N) is 6. The predicted octanol–water partition coefficient (Wildman–Crippen LogP) is 3.51. The number of aryl methyl sites for hydroxylation is 1. The Morgan fingerprint density at radius 1 is 0.966 bits per heavy atom. The molecule has 0 unspecified atom stereocenters. The maximum atomic E-state index is 13.0. The van der Waals surface area contributed by atoms with Crippen molar-refractivity contribution in [3.63, 3.8) is 0 Å². The Morgan fingerprint density at radius 2 is 1.72 bits per heavy atom. The first-order chi connectivity index (χ1) is 14.1. The van der Waals surface area contributed by atoms with Crippen molar-refractivity contribution < 1.29 is 0 Å². The van der Waals surface area contributed by atoms with E-state index in [0.717, 1.165) is 22.4 Å². The molecule has 0 fully saturated rings. The molecule has 142 valence electrons. The second kappa shape index (κ2) is 6.79. The Balaban J connectivity index is 1.69. The molecule has 29 heavy (non-hydrogen) atoms. The largest absolute Gasteiger partial charge is 0.293 e. The SMILES string of the molecule is Cc1nn2c(nnc3c(=O)n(Cc4ccccc4Cl)cnc32)c1-c1ccccc1. The van der Waals surface area contributed by atoms with E-state index < -0.39 is 0 Å². The lowest BCUT2D eigenvalue weighted by atomic mass is 10.1. The number of benzene rings is 2. The highest BCUT2D eigenvalue weighted by molar-refractivity contribution is 6.31. The van der Waals surface area contributed by atoms with Crippen LogP contribution in [0, 0.1) is 6.92 Å². The van der Waals surface area contributed by atoms with Gasteiger partial charge in [0.1, 0.15) is 6.33 Å². The molecule has 0 saturated carbocycles. The van der Waals surface area contributed by atoms with Crippen molar-refractivity contribution in [3.05, 3.63) is 87.6 Å². The molecule has 0 radical (unpaired) electrons. The molecule has 0 spiro atoms. The van der Waals surface area contributed by atoms with Crippen LogP contribution in [0.25, 0.3) is 27.9 Å². The molecule has 5 aromatic rings. The van der Waals surface area contributed by atoms with Gasteiger partial charge in [-0.1, -0.05) is 60.1 Å². The zero-order chi connectivity index (χ0) is 20.0. The summed E-state index contributed by atoms with van der Waals surface area (Å²) in [5, 5.41) is 13.7. The topological polar surface area (TPSA) is 78.0 Å². The highest BCUT2D eigenvalue weighted by Gasteiger charge is 2.18. The summed E-state index contributed by atoms with van der Waals surface area (Å²) in [4.78, 5) is 17.4. The van der Waals surface area contributed by atoms with Crippen molar-refractivity contribution in [2.45, 2.75) is 13.5 Å². The van der Waals surface area contributed by atoms with Gasteiger partial charge in [-0.25, -0.2) is 4.98 Å². The molecule has 8 heteroatoms. The van der Waals surface area contributed by atoms with Gasteiger partial charge in [-0.2, -0.15) is 9.61 Å². The highest BCUT2D eigenvalue weighted by atomic mass is 35.5. The molecular formula is C21H15ClN6O. The number of aromatic nitrogens is 6. The third-order valence-electron chi connectivity index (χ3n) is 4.84. The van der Waals surface area contributed by atoms with Crippen LogP contribution in [-0.4, -0.2) is 29.4 Å². The monoisotopic (exact) mass is 402 g/mol. The van der Waals surface area contributed by atoms with Gasteiger partial charge in [-0.15, -0.1) is 10.2 Å². The van der Waals surface area contributed by atoms with E-state index in [1.54, 1.807) is 10.6 Å². The molecule has 3 heterocycles. The first kappa shape index (κ1) is 17.5. The molecule has 0 atom stereocenters. The van der Waals surface area contributed by atoms with Crippen molar-refractivity contribution in [2.75, 3.05) is 0 Å². The standard InChI is InChI=1S/C21H15ClN6O/c1-13-17(14-7-3-2-4-8-14)19-25-24-18-20(28(19)26-13)23-12-27(21(18)29)11-15-9-5-6-10-16(15)22/h2-10,12H,11H2,1H3. The fourth-order valence-electron chi connectivity index (χ4n) is 3.43. The van der Waals surface area contributed by atoms with Gasteiger partial charge in [0.25, 0.3) is 5.56 Å². The quantitative estimate of drug-likeness (QED) is 0.461. The molecular weight excluding hydrogens is 388 g/mol. The van der Waals surface area contributed by atoms with Crippen molar-refractivity contribution in [2.24, 2.45) is 0 Å². The maximum Gasteiger partial charge on any atom is 0.283 e. The molecule has 2 aromatic carbocycles. The van der Waals surface area contributed by atoms with Crippen LogP contribution in [0.3, 0.4) is 0 Å². The molecule has 3 aromatic heterocycles. The summed E-state index contributed by atoms with van der Waals surface area (Å²) in [6.07, 6.45) is 1.49. The zero-order valence-corrected chi connectivity index (χ0v) is 16.2. The molecule has 0 saturated heterocycles. The molecule has 0 aliphatic rings. The predicted molar refractivity (Wildman–Crippen MR) is 111 cm³/mol. The third-order valence-corrected chi connectivity index (χ3v) is 5.21. The summed E-state index contributed by atoms with van der Waals surface area (Å²) in [6, 6.07) is 17.2. The van der Waals surface area contributed by atoms with Crippen molar-refractivity contribution in [1.29, 1.82) is 0 Å². The van der Waals surface area contributed by atoms with Gasteiger partial charge in [0.05, 0.1) is 17.8 Å². The summed E-state index contributed by atoms with van der Waals surface area (Å²) < 4.78 is 3.06. The van der Waals surface area contributed by atoms with E-state index >= 15 is 0 Å². The molecule has 0 N–H and O–H groups in total. The second-order valence-electron chi connectivity index (χ2n) is 6.70. The fraction of sp³-hybridized carbons (Fsp3) is 0.0952. The van der Waals surface area contributed by atoms with Crippen LogP contribution < -0.4 is 5.56 Å². The van der Waals surface area contributed by atoms with Crippen molar-refractivity contribution in [1.82, 2.24) is 29.4 Å². The average molecular weight is 403 g/mol. The van der Waals surface area contributed by atoms with Gasteiger partial charge in [0.15, 0.2) is 16.8 Å². The van der Waals surface area contributed by atoms with E-state index in [4.69, 9.17) is 11.6 Å². The summed E-state index contributed by atoms with van der Waals surface area (Å²) in [7, 11) is 0. The van der Waals surface area contributed by atoms with E-state index in [1.165, 1.54) is 10.9 Å². The van der Waals surface area contributed by atoms with E-state index in [0.29, 0.717) is 22.9 Å². The van der Waals surface area contributed by atoms with Crippen LogP contribution >= 0.6 is 11.6 Å². The van der Waals surface area contributed by atoms with Crippen LogP contribution in [0.4, 0.5) is 0 Å². The Labute approximate surface area is 170 Å². The van der Waals surface area contributed by atoms with Crippen LogP contribution in [-0.2, 0) is 6.54 Å². The van der Waals surface area contributed by atoms with E-state index in [1.807, 2.05) is 55.5 Å². The van der Waals surface area contributed by atoms with E-state index in [9.17, 15) is 4.79 Å². The van der Waals surface area contributed by atoms with E-state index in [2.05, 4.69) is 20.3 Å². The minimum Gasteiger partial charge on any atom is -0.293 e. The minimum atomic E-state index is -0.293. The number of fused-ring (bicyclic) bond motifs is 3. The number of hydrogen-bond donors (Lipinski definition) is 0. The van der Waals surface area contributed by atoms with Crippen molar-refractivity contribution >= 4 is 28.4 Å². The number of hydrogen-bond acceptors (Lipinski definition) is 5. The minimum absolute atomic E-state index is 0.161. The van der Waals surface area contributed by atoms with Crippen LogP contribution in [0.15, 0.2) is 65.7 Å². The van der Waals surface area contributed by atoms with Crippen LogP contribution in [0.2, 0.25) is 5.02 Å². The average Bonchev–Trinajstić information content (AvgIpc) is 3.08. The summed E-state index contributed by atoms with van der Waals surface area (Å²) in [5.74, 6) is 0. The molecule has 0 amide bonds. The van der Waals surface area contributed by atoms with Gasteiger partial charge in [0.2, 0.25) is 0 Å². The van der Waals surface area contributed by atoms with Crippen molar-refractivity contribution in [3.8, 4) is 11.1 Å². The Bertz CT molecular complexity index is 1420. The normalized spacial score (nSPS) is 11.4. The first-order valence-corrected chi connectivity index (χ1v) is 9.41. The Hall–Kier alpha value is -3.58. The lowest BCUT2D eigenvalue weighted by Crippen LogP contribution is -2.23. The number of halogens is 1. The zero-order valence-electron chi connectivity index (χ0n) is 15.5. The van der Waals surface area contributed by atoms with Gasteiger partial charge in [0, 0.05) is 5.02 Å². The van der Waals surface area contributed by atoms with Crippen LogP contribution in [0.5, 0.6) is 0 Å². The van der Waals surface area contributed by atoms with E-state index in [-0.39, 0.29) is 11.1 Å². The second-order valence-corrected chi connectivity index (χ2v) is 7.11. The number of rotatable bonds is 3. The summed E-state index contributed by atoms with van der Waals surface area (Å²) in [5.41, 5.74) is 4.29. The van der Waals surface area contributed by atoms with Crippen LogP contribution in [0.1, 0.15) is 11.3 Å². The summed E-state index contributed by atoms with van der Waals surface area (Å²) >= 11 is 6.22. The molecule has 7 nitrogen and oxygen atoms in total.